The van der Waals surface area contributed by atoms with Gasteiger partial charge in [0.05, 0.1) is 10.8 Å². The van der Waals surface area contributed by atoms with Crippen molar-refractivity contribution in [3.63, 3.8) is 0 Å². The Morgan fingerprint density at radius 3 is 2.30 bits per heavy atom. The second kappa shape index (κ2) is 9.64. The lowest BCUT2D eigenvalue weighted by Crippen LogP contribution is -2.25. The summed E-state index contributed by atoms with van der Waals surface area (Å²) >= 11 is 5.76. The van der Waals surface area contributed by atoms with Crippen LogP contribution in [0.5, 0.6) is 0 Å². The number of carboxylic acids is 1. The molecular weight excluding hydrogens is 390 g/mol. The molecule has 0 aliphatic heterocycles. The van der Waals surface area contributed by atoms with Crippen LogP contribution >= 0.6 is 11.6 Å². The first-order chi connectivity index (χ1) is 12.8. The predicted molar refractivity (Wildman–Crippen MR) is 102 cm³/mol. The Hall–Kier alpha value is -2.22. The van der Waals surface area contributed by atoms with Gasteiger partial charge in [-0.25, -0.2) is 13.1 Å². The van der Waals surface area contributed by atoms with E-state index < -0.39 is 21.9 Å². The van der Waals surface area contributed by atoms with Gasteiger partial charge in [0.15, 0.2) is 0 Å². The van der Waals surface area contributed by atoms with E-state index in [4.69, 9.17) is 16.7 Å². The van der Waals surface area contributed by atoms with Gasteiger partial charge in [0.25, 0.3) is 0 Å². The number of rotatable bonds is 10. The third kappa shape index (κ3) is 6.16. The van der Waals surface area contributed by atoms with Gasteiger partial charge >= 0.3 is 5.97 Å². The molecular formula is C19H20ClNO5S. The molecule has 0 radical (unpaired) electrons. The topological polar surface area (TPSA) is 101 Å². The molecule has 0 amide bonds. The first kappa shape index (κ1) is 21.1. The molecule has 27 heavy (non-hydrogen) atoms. The van der Waals surface area contributed by atoms with Crippen LogP contribution in [0, 0.1) is 0 Å². The number of benzene rings is 2. The third-order valence-electron chi connectivity index (χ3n) is 4.07. The number of carbonyl (C=O) groups is 2. The van der Waals surface area contributed by atoms with Crippen LogP contribution < -0.4 is 4.72 Å². The number of carboxylic acid groups (broad SMARTS) is 1. The Balaban J connectivity index is 1.87. The summed E-state index contributed by atoms with van der Waals surface area (Å²) in [7, 11) is -3.57. The highest BCUT2D eigenvalue weighted by atomic mass is 35.5. The molecule has 6 nitrogen and oxygen atoms in total. The van der Waals surface area contributed by atoms with Crippen LogP contribution in [0.1, 0.15) is 29.9 Å². The summed E-state index contributed by atoms with van der Waals surface area (Å²) < 4.78 is 26.9. The summed E-state index contributed by atoms with van der Waals surface area (Å²) in [5.74, 6) is -1.88. The minimum absolute atomic E-state index is 0.0683. The lowest BCUT2D eigenvalue weighted by atomic mass is 9.95. The van der Waals surface area contributed by atoms with Gasteiger partial charge in [-0.15, -0.1) is 0 Å². The number of sulfonamides is 1. The molecule has 0 aliphatic carbocycles. The smallest absolute Gasteiger partial charge is 0.311 e. The van der Waals surface area contributed by atoms with Gasteiger partial charge < -0.3 is 9.90 Å². The maximum atomic E-state index is 12.2. The van der Waals surface area contributed by atoms with E-state index in [0.717, 1.165) is 5.56 Å². The quantitative estimate of drug-likeness (QED) is 0.464. The van der Waals surface area contributed by atoms with Crippen LogP contribution in [-0.2, 0) is 26.0 Å². The minimum Gasteiger partial charge on any atom is -0.481 e. The maximum absolute atomic E-state index is 12.2. The molecule has 0 spiro atoms. The Morgan fingerprint density at radius 1 is 1.11 bits per heavy atom. The fourth-order valence-electron chi connectivity index (χ4n) is 2.59. The van der Waals surface area contributed by atoms with Crippen molar-refractivity contribution in [3.05, 3.63) is 64.7 Å². The SMILES string of the molecule is O=CCC(C(=O)O)c1ccc(CCCNS(=O)(=O)c2ccc(Cl)cc2)cc1. The minimum atomic E-state index is -3.57. The molecule has 1 atom stereocenters. The number of nitrogens with one attached hydrogen (secondary N) is 1. The van der Waals surface area contributed by atoms with E-state index in [1.807, 2.05) is 0 Å². The highest BCUT2D eigenvalue weighted by Crippen LogP contribution is 2.20. The first-order valence-corrected chi connectivity index (χ1v) is 10.2. The molecule has 2 aromatic carbocycles. The van der Waals surface area contributed by atoms with E-state index >= 15 is 0 Å². The molecule has 0 fully saturated rings. The normalized spacial score (nSPS) is 12.5. The van der Waals surface area contributed by atoms with Crippen molar-refractivity contribution < 1.29 is 23.1 Å². The van der Waals surface area contributed by atoms with Gasteiger partial charge in [0, 0.05) is 18.0 Å². The monoisotopic (exact) mass is 409 g/mol. The number of hydrogen-bond donors (Lipinski definition) is 2. The van der Waals surface area contributed by atoms with Crippen molar-refractivity contribution in [2.45, 2.75) is 30.1 Å². The highest BCUT2D eigenvalue weighted by molar-refractivity contribution is 7.89. The zero-order valence-electron chi connectivity index (χ0n) is 14.5. The lowest BCUT2D eigenvalue weighted by Gasteiger charge is -2.10. The highest BCUT2D eigenvalue weighted by Gasteiger charge is 2.19. The van der Waals surface area contributed by atoms with Crippen molar-refractivity contribution in [2.75, 3.05) is 6.54 Å². The fraction of sp³-hybridized carbons (Fsp3) is 0.263. The largest absolute Gasteiger partial charge is 0.481 e. The van der Waals surface area contributed by atoms with Crippen molar-refractivity contribution in [1.82, 2.24) is 4.72 Å². The van der Waals surface area contributed by atoms with E-state index in [9.17, 15) is 18.0 Å². The van der Waals surface area contributed by atoms with Crippen LogP contribution in [0.3, 0.4) is 0 Å². The molecule has 0 saturated heterocycles. The van der Waals surface area contributed by atoms with E-state index in [1.54, 1.807) is 24.3 Å². The van der Waals surface area contributed by atoms with Gasteiger partial charge in [-0.05, 0) is 48.2 Å². The third-order valence-corrected chi connectivity index (χ3v) is 5.80. The number of hydrogen-bond acceptors (Lipinski definition) is 4. The van der Waals surface area contributed by atoms with Gasteiger partial charge in [-0.2, -0.15) is 0 Å². The summed E-state index contributed by atoms with van der Waals surface area (Å²) in [6, 6.07) is 12.9. The fourth-order valence-corrected chi connectivity index (χ4v) is 3.79. The van der Waals surface area contributed by atoms with Crippen molar-refractivity contribution in [3.8, 4) is 0 Å². The molecule has 2 aromatic rings. The second-order valence-corrected chi connectivity index (χ2v) is 8.19. The Labute approximate surface area is 163 Å². The number of halogens is 1. The van der Waals surface area contributed by atoms with Gasteiger partial charge in [-0.3, -0.25) is 4.79 Å². The van der Waals surface area contributed by atoms with E-state index in [2.05, 4.69) is 4.72 Å². The molecule has 0 bridgehead atoms. The zero-order chi connectivity index (χ0) is 19.9. The standard InChI is InChI=1S/C19H20ClNO5S/c20-16-7-9-17(10-8-16)27(25,26)21-12-1-2-14-3-5-15(6-4-14)18(11-13-22)19(23)24/h3-10,13,18,21H,1-2,11-12H2,(H,23,24). The van der Waals surface area contributed by atoms with Crippen LogP contribution in [-0.4, -0.2) is 32.3 Å². The molecule has 0 heterocycles. The van der Waals surface area contributed by atoms with Crippen LogP contribution in [0.15, 0.2) is 53.4 Å². The van der Waals surface area contributed by atoms with Gasteiger partial charge in [0.2, 0.25) is 10.0 Å². The van der Waals surface area contributed by atoms with Crippen LogP contribution in [0.2, 0.25) is 5.02 Å². The number of carbonyl (C=O) groups excluding carboxylic acids is 1. The average molecular weight is 410 g/mol. The summed E-state index contributed by atoms with van der Waals surface area (Å²) in [6.07, 6.45) is 1.75. The van der Waals surface area contributed by atoms with E-state index in [1.165, 1.54) is 24.3 Å². The van der Waals surface area contributed by atoms with Crippen LogP contribution in [0.25, 0.3) is 0 Å². The lowest BCUT2D eigenvalue weighted by molar-refractivity contribution is -0.139. The van der Waals surface area contributed by atoms with E-state index in [-0.39, 0.29) is 17.9 Å². The predicted octanol–water partition coefficient (Wildman–Crippen LogP) is 3.01. The average Bonchev–Trinajstić information content (AvgIpc) is 2.64. The number of aryl methyl sites for hydroxylation is 1. The summed E-state index contributed by atoms with van der Waals surface area (Å²) in [5, 5.41) is 9.62. The Morgan fingerprint density at radius 2 is 1.74 bits per heavy atom. The molecule has 2 rings (SSSR count). The maximum Gasteiger partial charge on any atom is 0.311 e. The van der Waals surface area contributed by atoms with Crippen molar-refractivity contribution in [2.24, 2.45) is 0 Å². The number of aldehydes is 1. The molecule has 2 N–H and O–H groups in total. The molecule has 8 heteroatoms. The first-order valence-electron chi connectivity index (χ1n) is 8.34. The Kier molecular flexibility index (Phi) is 7.53. The molecule has 144 valence electrons. The van der Waals surface area contributed by atoms with Crippen molar-refractivity contribution in [1.29, 1.82) is 0 Å². The molecule has 0 saturated carbocycles. The number of aliphatic carboxylic acids is 1. The second-order valence-electron chi connectivity index (χ2n) is 5.99. The van der Waals surface area contributed by atoms with Gasteiger partial charge in [-0.1, -0.05) is 35.9 Å². The Bertz CT molecular complexity index is 879. The van der Waals surface area contributed by atoms with Gasteiger partial charge in [0.1, 0.15) is 6.29 Å². The van der Waals surface area contributed by atoms with Crippen LogP contribution in [0.4, 0.5) is 0 Å². The van der Waals surface area contributed by atoms with E-state index in [0.29, 0.717) is 29.7 Å². The summed E-state index contributed by atoms with van der Waals surface area (Å²) in [6.45, 7) is 0.273. The van der Waals surface area contributed by atoms with Crippen molar-refractivity contribution >= 4 is 33.9 Å². The molecule has 0 aromatic heterocycles. The summed E-state index contributed by atoms with van der Waals surface area (Å²) in [4.78, 5) is 22.0. The molecule has 0 aliphatic rings. The zero-order valence-corrected chi connectivity index (χ0v) is 16.0. The molecule has 1 unspecified atom stereocenters. The summed E-state index contributed by atoms with van der Waals surface area (Å²) in [5.41, 5.74) is 1.53.